The van der Waals surface area contributed by atoms with Crippen LogP contribution in [0.3, 0.4) is 0 Å². The molecule has 0 radical (unpaired) electrons. The summed E-state index contributed by atoms with van der Waals surface area (Å²) in [6.07, 6.45) is 0.762. The third kappa shape index (κ3) is 4.92. The van der Waals surface area contributed by atoms with E-state index < -0.39 is 11.7 Å². The summed E-state index contributed by atoms with van der Waals surface area (Å²) in [6.45, 7) is 3.71. The van der Waals surface area contributed by atoms with Gasteiger partial charge in [-0.3, -0.25) is 9.59 Å². The smallest absolute Gasteiger partial charge is 0.254 e. The second-order valence-corrected chi connectivity index (χ2v) is 9.92. The number of dihydropyridines is 1. The number of methoxy groups -OCH3 is 2. The second-order valence-electron chi connectivity index (χ2n) is 9.92. The molecule has 0 unspecified atom stereocenters. The average Bonchev–Trinajstić information content (AvgIpc) is 2.93. The number of carbonyl (C=O) groups excluding carboxylic acids is 2. The Morgan fingerprint density at radius 1 is 0.949 bits per heavy atom. The zero-order valence-corrected chi connectivity index (χ0v) is 22.4. The van der Waals surface area contributed by atoms with Crippen LogP contribution in [0.25, 0.3) is 0 Å². The normalized spacial score (nSPS) is 18.8. The highest BCUT2D eigenvalue weighted by atomic mass is 19.1. The maximum atomic E-state index is 15.3. The largest absolute Gasteiger partial charge is 0.493 e. The van der Waals surface area contributed by atoms with Crippen LogP contribution in [0.4, 0.5) is 10.1 Å². The van der Waals surface area contributed by atoms with Crippen LogP contribution in [-0.2, 0) is 9.59 Å². The Labute approximate surface area is 227 Å². The number of nitrogens with one attached hydrogen (secondary N) is 2. The van der Waals surface area contributed by atoms with Gasteiger partial charge in [0.1, 0.15) is 5.82 Å². The molecule has 39 heavy (non-hydrogen) atoms. The fraction of sp³-hybridized carbons (Fsp3) is 0.250. The van der Waals surface area contributed by atoms with Crippen LogP contribution < -0.4 is 20.1 Å². The Hall–Kier alpha value is -4.39. The van der Waals surface area contributed by atoms with Gasteiger partial charge in [-0.2, -0.15) is 0 Å². The van der Waals surface area contributed by atoms with Gasteiger partial charge in [0.15, 0.2) is 17.3 Å². The van der Waals surface area contributed by atoms with E-state index in [1.54, 1.807) is 39.3 Å². The van der Waals surface area contributed by atoms with E-state index in [4.69, 9.17) is 9.47 Å². The van der Waals surface area contributed by atoms with Gasteiger partial charge in [0.2, 0.25) is 0 Å². The van der Waals surface area contributed by atoms with Gasteiger partial charge in [0, 0.05) is 46.1 Å². The highest BCUT2D eigenvalue weighted by molar-refractivity contribution is 6.10. The van der Waals surface area contributed by atoms with Crippen LogP contribution in [0.5, 0.6) is 11.5 Å². The molecule has 0 bridgehead atoms. The molecule has 0 spiro atoms. The molecule has 200 valence electrons. The third-order valence-corrected chi connectivity index (χ3v) is 7.56. The van der Waals surface area contributed by atoms with Crippen molar-refractivity contribution in [1.29, 1.82) is 0 Å². The summed E-state index contributed by atoms with van der Waals surface area (Å²) in [6, 6.07) is 19.5. The van der Waals surface area contributed by atoms with Gasteiger partial charge in [0.25, 0.3) is 5.91 Å². The highest BCUT2D eigenvalue weighted by Gasteiger charge is 2.42. The number of allylic oxidation sites excluding steroid dienone is 3. The molecule has 3 aromatic carbocycles. The van der Waals surface area contributed by atoms with Crippen molar-refractivity contribution >= 4 is 17.4 Å². The Balaban J connectivity index is 1.56. The molecule has 6 nitrogen and oxygen atoms in total. The van der Waals surface area contributed by atoms with Crippen LogP contribution in [-0.4, -0.2) is 25.9 Å². The lowest BCUT2D eigenvalue weighted by atomic mass is 9.71. The first kappa shape index (κ1) is 26.2. The molecule has 1 amide bonds. The van der Waals surface area contributed by atoms with E-state index in [9.17, 15) is 9.59 Å². The molecule has 0 saturated heterocycles. The molecule has 2 N–H and O–H groups in total. The fourth-order valence-electron chi connectivity index (χ4n) is 5.61. The number of aryl methyl sites for hydroxylation is 1. The lowest BCUT2D eigenvalue weighted by Gasteiger charge is -2.37. The predicted octanol–water partition coefficient (Wildman–Crippen LogP) is 6.15. The Kier molecular flexibility index (Phi) is 7.24. The number of benzene rings is 3. The Morgan fingerprint density at radius 3 is 2.38 bits per heavy atom. The number of para-hydroxylation sites is 1. The summed E-state index contributed by atoms with van der Waals surface area (Å²) in [7, 11) is 3.16. The maximum absolute atomic E-state index is 15.3. The zero-order chi connectivity index (χ0) is 27.7. The molecule has 2 atom stereocenters. The molecule has 5 rings (SSSR count). The number of carbonyl (C=O) groups is 2. The van der Waals surface area contributed by atoms with Crippen LogP contribution in [0.1, 0.15) is 48.3 Å². The minimum atomic E-state index is -0.828. The van der Waals surface area contributed by atoms with E-state index in [1.165, 1.54) is 6.07 Å². The first-order valence-corrected chi connectivity index (χ1v) is 12.9. The van der Waals surface area contributed by atoms with E-state index in [-0.39, 0.29) is 24.0 Å². The van der Waals surface area contributed by atoms with E-state index >= 15 is 4.39 Å². The molecule has 1 heterocycles. The van der Waals surface area contributed by atoms with Crippen LogP contribution in [0.15, 0.2) is 89.3 Å². The number of anilines is 1. The van der Waals surface area contributed by atoms with Gasteiger partial charge in [-0.05, 0) is 61.6 Å². The number of rotatable bonds is 6. The molecule has 0 fully saturated rings. The SMILES string of the molecule is COc1ccc([C@H]2CC(=O)C3=C(C2)NC(C)=C(C(=O)Nc2ccccc2C)[C@H]3c2ccccc2F)cc1OC. The van der Waals surface area contributed by atoms with Gasteiger partial charge >= 0.3 is 0 Å². The summed E-state index contributed by atoms with van der Waals surface area (Å²) >= 11 is 0. The number of amides is 1. The molecule has 2 aliphatic rings. The van der Waals surface area contributed by atoms with Crippen LogP contribution in [0.2, 0.25) is 0 Å². The summed E-state index contributed by atoms with van der Waals surface area (Å²) in [5.74, 6) is -0.684. The summed E-state index contributed by atoms with van der Waals surface area (Å²) in [5, 5.41) is 6.33. The lowest BCUT2D eigenvalue weighted by molar-refractivity contribution is -0.116. The van der Waals surface area contributed by atoms with Gasteiger partial charge < -0.3 is 20.1 Å². The van der Waals surface area contributed by atoms with Crippen molar-refractivity contribution in [3.8, 4) is 11.5 Å². The fourth-order valence-corrected chi connectivity index (χ4v) is 5.61. The Bertz CT molecular complexity index is 1520. The molecule has 1 aliphatic carbocycles. The van der Waals surface area contributed by atoms with Crippen molar-refractivity contribution in [2.24, 2.45) is 0 Å². The van der Waals surface area contributed by atoms with Crippen LogP contribution in [0, 0.1) is 12.7 Å². The molecule has 7 heteroatoms. The average molecular weight is 527 g/mol. The molecule has 1 aliphatic heterocycles. The summed E-state index contributed by atoms with van der Waals surface area (Å²) in [5.41, 5.74) is 4.90. The van der Waals surface area contributed by atoms with E-state index in [0.717, 1.165) is 11.1 Å². The van der Waals surface area contributed by atoms with Gasteiger partial charge in [0.05, 0.1) is 14.2 Å². The van der Waals surface area contributed by atoms with Crippen molar-refractivity contribution in [3.05, 3.63) is 112 Å². The number of halogens is 1. The van der Waals surface area contributed by atoms with Gasteiger partial charge in [-0.15, -0.1) is 0 Å². The minimum absolute atomic E-state index is 0.111. The van der Waals surface area contributed by atoms with Crippen molar-refractivity contribution in [1.82, 2.24) is 5.32 Å². The van der Waals surface area contributed by atoms with Crippen LogP contribution >= 0.6 is 0 Å². The predicted molar refractivity (Wildman–Crippen MR) is 148 cm³/mol. The number of Topliss-reactive ketones (excluding diaryl/α,β-unsaturated/α-hetero) is 1. The van der Waals surface area contributed by atoms with E-state index in [0.29, 0.717) is 51.7 Å². The quantitative estimate of drug-likeness (QED) is 0.403. The zero-order valence-electron chi connectivity index (χ0n) is 22.4. The number of hydrogen-bond acceptors (Lipinski definition) is 5. The van der Waals surface area contributed by atoms with Gasteiger partial charge in [-0.25, -0.2) is 4.39 Å². The molecule has 0 saturated carbocycles. The molecular formula is C32H31FN2O4. The van der Waals surface area contributed by atoms with Gasteiger partial charge in [-0.1, -0.05) is 42.5 Å². The number of ether oxygens (including phenoxy) is 2. The van der Waals surface area contributed by atoms with Crippen molar-refractivity contribution in [3.63, 3.8) is 0 Å². The van der Waals surface area contributed by atoms with Crippen molar-refractivity contribution in [2.75, 3.05) is 19.5 Å². The first-order valence-electron chi connectivity index (χ1n) is 12.9. The molecule has 3 aromatic rings. The third-order valence-electron chi connectivity index (χ3n) is 7.56. The first-order chi connectivity index (χ1) is 18.8. The lowest BCUT2D eigenvalue weighted by Crippen LogP contribution is -2.37. The summed E-state index contributed by atoms with van der Waals surface area (Å²) in [4.78, 5) is 27.6. The standard InChI is InChI=1S/C32H31FN2O4/c1-18-9-5-8-12-24(18)35-32(37)29-19(2)34-25-15-21(20-13-14-27(38-3)28(17-20)39-4)16-26(36)31(25)30(29)22-10-6-7-11-23(22)33/h5-14,17,21,30,34H,15-16H2,1-4H3,(H,35,37)/t21-,30-/m1/s1. The van der Waals surface area contributed by atoms with Crippen molar-refractivity contribution < 1.29 is 23.5 Å². The topological polar surface area (TPSA) is 76.7 Å². The Morgan fingerprint density at radius 2 is 1.67 bits per heavy atom. The van der Waals surface area contributed by atoms with Crippen molar-refractivity contribution in [2.45, 2.75) is 38.5 Å². The maximum Gasteiger partial charge on any atom is 0.254 e. The molecular weight excluding hydrogens is 495 g/mol. The van der Waals surface area contributed by atoms with E-state index in [1.807, 2.05) is 49.4 Å². The molecule has 0 aromatic heterocycles. The number of hydrogen-bond donors (Lipinski definition) is 2. The highest BCUT2D eigenvalue weighted by Crippen LogP contribution is 2.47. The second kappa shape index (κ2) is 10.8. The monoisotopic (exact) mass is 526 g/mol. The summed E-state index contributed by atoms with van der Waals surface area (Å²) < 4.78 is 26.1. The van der Waals surface area contributed by atoms with E-state index in [2.05, 4.69) is 10.6 Å². The number of ketones is 1. The minimum Gasteiger partial charge on any atom is -0.493 e.